The van der Waals surface area contributed by atoms with Crippen molar-refractivity contribution in [2.45, 2.75) is 37.5 Å². The highest BCUT2D eigenvalue weighted by Crippen LogP contribution is 2.27. The smallest absolute Gasteiger partial charge is 0.244 e. The van der Waals surface area contributed by atoms with Crippen LogP contribution in [-0.4, -0.2) is 37.8 Å². The molecule has 0 unspecified atom stereocenters. The van der Waals surface area contributed by atoms with Gasteiger partial charge >= 0.3 is 0 Å². The Hall–Kier alpha value is -1.14. The zero-order valence-corrected chi connectivity index (χ0v) is 13.0. The van der Waals surface area contributed by atoms with Crippen molar-refractivity contribution in [2.75, 3.05) is 25.5 Å². The van der Waals surface area contributed by atoms with Gasteiger partial charge in [-0.1, -0.05) is 12.8 Å². The number of hydrogen-bond acceptors (Lipinski definition) is 4. The first-order valence-electron chi connectivity index (χ1n) is 7.20. The summed E-state index contributed by atoms with van der Waals surface area (Å²) >= 11 is 0. The number of anilines is 1. The highest BCUT2D eigenvalue weighted by Gasteiger charge is 2.25. The van der Waals surface area contributed by atoms with E-state index in [1.54, 1.807) is 19.2 Å². The van der Waals surface area contributed by atoms with Crippen LogP contribution in [0.4, 0.5) is 5.82 Å². The number of nitrogens with zero attached hydrogens (tertiary/aromatic N) is 2. The maximum Gasteiger partial charge on any atom is 0.244 e. The number of pyridine rings is 1. The molecular formula is C14H23N3O2S. The third-order valence-electron chi connectivity index (χ3n) is 3.79. The fourth-order valence-electron chi connectivity index (χ4n) is 2.65. The van der Waals surface area contributed by atoms with Crippen molar-refractivity contribution in [3.63, 3.8) is 0 Å². The number of aromatic nitrogens is 1. The van der Waals surface area contributed by atoms with Gasteiger partial charge in [0.1, 0.15) is 10.7 Å². The van der Waals surface area contributed by atoms with Crippen LogP contribution in [0.25, 0.3) is 0 Å². The largest absolute Gasteiger partial charge is 0.370 e. The fraction of sp³-hybridized carbons (Fsp3) is 0.643. The van der Waals surface area contributed by atoms with Gasteiger partial charge in [0.2, 0.25) is 10.0 Å². The van der Waals surface area contributed by atoms with Crippen LogP contribution in [0.5, 0.6) is 0 Å². The molecule has 20 heavy (non-hydrogen) atoms. The van der Waals surface area contributed by atoms with E-state index >= 15 is 0 Å². The van der Waals surface area contributed by atoms with Crippen molar-refractivity contribution in [1.29, 1.82) is 0 Å². The molecule has 0 saturated heterocycles. The predicted molar refractivity (Wildman–Crippen MR) is 80.2 cm³/mol. The predicted octanol–water partition coefficient (Wildman–Crippen LogP) is 2.32. The van der Waals surface area contributed by atoms with Gasteiger partial charge in [0.05, 0.1) is 0 Å². The van der Waals surface area contributed by atoms with Crippen molar-refractivity contribution >= 4 is 15.8 Å². The lowest BCUT2D eigenvalue weighted by Crippen LogP contribution is -2.31. The SMILES string of the molecule is CCNc1ccc(S(=O)(=O)N(C)CC2CCCC2)cn1. The van der Waals surface area contributed by atoms with Gasteiger partial charge in [-0.25, -0.2) is 17.7 Å². The Morgan fingerprint density at radius 1 is 1.35 bits per heavy atom. The molecule has 0 aliphatic heterocycles. The molecule has 2 rings (SSSR count). The van der Waals surface area contributed by atoms with Gasteiger partial charge in [-0.15, -0.1) is 0 Å². The second-order valence-corrected chi connectivity index (χ2v) is 7.39. The molecule has 1 N–H and O–H groups in total. The Balaban J connectivity index is 2.07. The summed E-state index contributed by atoms with van der Waals surface area (Å²) in [5.74, 6) is 1.20. The zero-order chi connectivity index (χ0) is 14.6. The molecule has 1 aliphatic rings. The lowest BCUT2D eigenvalue weighted by Gasteiger charge is -2.20. The van der Waals surface area contributed by atoms with E-state index in [0.29, 0.717) is 18.3 Å². The number of nitrogens with one attached hydrogen (secondary N) is 1. The monoisotopic (exact) mass is 297 g/mol. The number of sulfonamides is 1. The molecule has 6 heteroatoms. The van der Waals surface area contributed by atoms with Gasteiger partial charge in [0, 0.05) is 26.3 Å². The van der Waals surface area contributed by atoms with Crippen LogP contribution in [-0.2, 0) is 10.0 Å². The van der Waals surface area contributed by atoms with E-state index in [-0.39, 0.29) is 4.90 Å². The summed E-state index contributed by atoms with van der Waals surface area (Å²) in [6, 6.07) is 3.32. The molecule has 0 atom stereocenters. The molecule has 0 aromatic carbocycles. The van der Waals surface area contributed by atoms with Crippen molar-refractivity contribution in [3.8, 4) is 0 Å². The first-order valence-corrected chi connectivity index (χ1v) is 8.64. The molecule has 1 aromatic heterocycles. The van der Waals surface area contributed by atoms with Crippen molar-refractivity contribution in [2.24, 2.45) is 5.92 Å². The van der Waals surface area contributed by atoms with Crippen LogP contribution in [0.3, 0.4) is 0 Å². The van der Waals surface area contributed by atoms with Crippen LogP contribution >= 0.6 is 0 Å². The maximum atomic E-state index is 12.5. The van der Waals surface area contributed by atoms with Gasteiger partial charge < -0.3 is 5.32 Å². The quantitative estimate of drug-likeness (QED) is 0.875. The van der Waals surface area contributed by atoms with Crippen molar-refractivity contribution < 1.29 is 8.42 Å². The molecule has 1 aliphatic carbocycles. The van der Waals surface area contributed by atoms with Crippen LogP contribution in [0, 0.1) is 5.92 Å². The molecule has 112 valence electrons. The van der Waals surface area contributed by atoms with Crippen LogP contribution in [0.2, 0.25) is 0 Å². The van der Waals surface area contributed by atoms with Crippen molar-refractivity contribution in [3.05, 3.63) is 18.3 Å². The third-order valence-corrected chi connectivity index (χ3v) is 5.60. The topological polar surface area (TPSA) is 62.3 Å². The Labute approximate surface area is 121 Å². The van der Waals surface area contributed by atoms with E-state index in [1.807, 2.05) is 6.92 Å². The average Bonchev–Trinajstić information content (AvgIpc) is 2.92. The normalized spacial score (nSPS) is 16.8. The van der Waals surface area contributed by atoms with Gasteiger partial charge in [0.25, 0.3) is 0 Å². The third kappa shape index (κ3) is 3.49. The Kier molecular flexibility index (Phi) is 4.99. The van der Waals surface area contributed by atoms with E-state index in [0.717, 1.165) is 19.4 Å². The molecule has 5 nitrogen and oxygen atoms in total. The molecule has 1 saturated carbocycles. The van der Waals surface area contributed by atoms with Crippen LogP contribution < -0.4 is 5.32 Å². The molecule has 0 spiro atoms. The van der Waals surface area contributed by atoms with E-state index in [1.165, 1.54) is 23.3 Å². The lowest BCUT2D eigenvalue weighted by atomic mass is 10.1. The lowest BCUT2D eigenvalue weighted by molar-refractivity contribution is 0.387. The zero-order valence-electron chi connectivity index (χ0n) is 12.2. The summed E-state index contributed by atoms with van der Waals surface area (Å²) in [5.41, 5.74) is 0. The van der Waals surface area contributed by atoms with Gasteiger partial charge in [-0.2, -0.15) is 0 Å². The maximum absolute atomic E-state index is 12.5. The molecule has 1 heterocycles. The van der Waals surface area contributed by atoms with E-state index in [9.17, 15) is 8.42 Å². The molecule has 1 aromatic rings. The summed E-state index contributed by atoms with van der Waals surface area (Å²) in [6.07, 6.45) is 6.14. The second-order valence-electron chi connectivity index (χ2n) is 5.35. The molecule has 0 radical (unpaired) electrons. The first kappa shape index (κ1) is 15.3. The summed E-state index contributed by atoms with van der Waals surface area (Å²) in [4.78, 5) is 4.40. The van der Waals surface area contributed by atoms with E-state index in [4.69, 9.17) is 0 Å². The summed E-state index contributed by atoms with van der Waals surface area (Å²) < 4.78 is 26.4. The van der Waals surface area contributed by atoms with Crippen LogP contribution in [0.1, 0.15) is 32.6 Å². The van der Waals surface area contributed by atoms with Crippen LogP contribution in [0.15, 0.2) is 23.2 Å². The van der Waals surface area contributed by atoms with Crippen molar-refractivity contribution in [1.82, 2.24) is 9.29 Å². The van der Waals surface area contributed by atoms with Gasteiger partial charge in [-0.05, 0) is 37.8 Å². The summed E-state index contributed by atoms with van der Waals surface area (Å²) in [7, 11) is -1.76. The first-order chi connectivity index (χ1) is 9.54. The van der Waals surface area contributed by atoms with Gasteiger partial charge in [-0.3, -0.25) is 0 Å². The average molecular weight is 297 g/mol. The molecule has 0 amide bonds. The highest BCUT2D eigenvalue weighted by molar-refractivity contribution is 7.89. The second kappa shape index (κ2) is 6.54. The minimum Gasteiger partial charge on any atom is -0.370 e. The van der Waals surface area contributed by atoms with E-state index < -0.39 is 10.0 Å². The Bertz CT molecular complexity index is 522. The molecule has 0 bridgehead atoms. The summed E-state index contributed by atoms with van der Waals surface area (Å²) in [6.45, 7) is 3.35. The van der Waals surface area contributed by atoms with E-state index in [2.05, 4.69) is 10.3 Å². The van der Waals surface area contributed by atoms with Gasteiger partial charge in [0.15, 0.2) is 0 Å². The minimum absolute atomic E-state index is 0.264. The number of hydrogen-bond donors (Lipinski definition) is 1. The molecule has 1 fully saturated rings. The Morgan fingerprint density at radius 3 is 2.60 bits per heavy atom. The highest BCUT2D eigenvalue weighted by atomic mass is 32.2. The molecular weight excluding hydrogens is 274 g/mol. The fourth-order valence-corrected chi connectivity index (χ4v) is 3.85. The Morgan fingerprint density at radius 2 is 2.05 bits per heavy atom. The number of rotatable bonds is 6. The standard InChI is InChI=1S/C14H23N3O2S/c1-3-15-14-9-8-13(10-16-14)20(18,19)17(2)11-12-6-4-5-7-12/h8-10,12H,3-7,11H2,1-2H3,(H,15,16). The summed E-state index contributed by atoms with van der Waals surface area (Å²) in [5, 5.41) is 3.05. The minimum atomic E-state index is -3.42.